The molecule has 2 N–H and O–H groups in total. The first-order valence-corrected chi connectivity index (χ1v) is 5.53. The van der Waals surface area contributed by atoms with Crippen LogP contribution in [-0.4, -0.2) is 18.1 Å². The highest BCUT2D eigenvalue weighted by Gasteiger charge is 2.40. The van der Waals surface area contributed by atoms with Crippen LogP contribution in [0.5, 0.6) is 0 Å². The summed E-state index contributed by atoms with van der Waals surface area (Å²) in [6.45, 7) is 0. The van der Waals surface area contributed by atoms with Gasteiger partial charge in [-0.1, -0.05) is 11.6 Å². The maximum Gasteiger partial charge on any atom is 0.316 e. The van der Waals surface area contributed by atoms with Gasteiger partial charge >= 0.3 is 12.3 Å². The smallest absolute Gasteiger partial charge is 0.316 e. The van der Waals surface area contributed by atoms with Crippen molar-refractivity contribution < 1.29 is 17.6 Å². The van der Waals surface area contributed by atoms with E-state index in [0.717, 1.165) is 0 Å². The van der Waals surface area contributed by atoms with E-state index in [1.54, 1.807) is 0 Å². The lowest BCUT2D eigenvalue weighted by atomic mass is 10.3. The number of hydrogen-bond acceptors (Lipinski definition) is 2. The molecule has 1 aromatic rings. The van der Waals surface area contributed by atoms with Crippen LogP contribution in [0.4, 0.5) is 23.2 Å². The molecule has 0 aliphatic heterocycles. The molecule has 0 saturated carbocycles. The van der Waals surface area contributed by atoms with Gasteiger partial charge in [-0.2, -0.15) is 8.78 Å². The summed E-state index contributed by atoms with van der Waals surface area (Å²) in [5, 5.41) is 0.176. The summed E-state index contributed by atoms with van der Waals surface area (Å²) in [6.07, 6.45) is -3.67. The number of rotatable bonds is 4. The van der Waals surface area contributed by atoms with Crippen LogP contribution in [0, 0.1) is 0 Å². The molecule has 1 aromatic carbocycles. The van der Waals surface area contributed by atoms with Crippen LogP contribution in [-0.2, 0) is 0 Å². The Bertz CT molecular complexity index is 373. The summed E-state index contributed by atoms with van der Waals surface area (Å²) in [5.41, 5.74) is 5.78. The Morgan fingerprint density at radius 2 is 2.00 bits per heavy atom. The van der Waals surface area contributed by atoms with Crippen LogP contribution in [0.2, 0.25) is 5.02 Å². The molecule has 16 heavy (non-hydrogen) atoms. The minimum absolute atomic E-state index is 0.176. The normalized spacial score (nSPS) is 12.1. The van der Waals surface area contributed by atoms with Gasteiger partial charge in [-0.15, -0.1) is 11.8 Å². The van der Waals surface area contributed by atoms with E-state index in [2.05, 4.69) is 0 Å². The average Bonchev–Trinajstić information content (AvgIpc) is 2.16. The Hall–Kier alpha value is -0.620. The first-order chi connectivity index (χ1) is 7.33. The van der Waals surface area contributed by atoms with E-state index >= 15 is 0 Å². The zero-order chi connectivity index (χ0) is 12.3. The predicted molar refractivity (Wildman–Crippen MR) is 57.5 cm³/mol. The molecule has 0 saturated heterocycles. The highest BCUT2D eigenvalue weighted by Crippen LogP contribution is 2.34. The minimum atomic E-state index is -4.02. The minimum Gasteiger partial charge on any atom is -0.399 e. The third-order valence-electron chi connectivity index (χ3n) is 1.70. The number of nitrogens with two attached hydrogens (primary N) is 1. The fourth-order valence-corrected chi connectivity index (χ4v) is 2.06. The van der Waals surface area contributed by atoms with E-state index in [0.29, 0.717) is 22.3 Å². The highest BCUT2D eigenvalue weighted by molar-refractivity contribution is 7.99. The summed E-state index contributed by atoms with van der Waals surface area (Å²) in [7, 11) is 0. The van der Waals surface area contributed by atoms with Crippen molar-refractivity contribution in [2.75, 3.05) is 11.5 Å². The van der Waals surface area contributed by atoms with Gasteiger partial charge in [0.25, 0.3) is 0 Å². The van der Waals surface area contributed by atoms with Gasteiger partial charge in [-0.05, 0) is 18.2 Å². The molecule has 0 atom stereocenters. The van der Waals surface area contributed by atoms with Gasteiger partial charge in [0, 0.05) is 10.6 Å². The third kappa shape index (κ3) is 3.45. The maximum atomic E-state index is 12.6. The van der Waals surface area contributed by atoms with Crippen LogP contribution in [0.25, 0.3) is 0 Å². The molecule has 1 rings (SSSR count). The molecular weight excluding hydrogens is 266 g/mol. The zero-order valence-corrected chi connectivity index (χ0v) is 9.46. The van der Waals surface area contributed by atoms with E-state index in [1.165, 1.54) is 18.2 Å². The molecule has 0 aliphatic carbocycles. The van der Waals surface area contributed by atoms with Crippen molar-refractivity contribution in [2.24, 2.45) is 0 Å². The van der Waals surface area contributed by atoms with Crippen molar-refractivity contribution in [2.45, 2.75) is 17.2 Å². The summed E-state index contributed by atoms with van der Waals surface area (Å²) >= 11 is 6.28. The molecule has 0 heterocycles. The van der Waals surface area contributed by atoms with Gasteiger partial charge < -0.3 is 5.73 Å². The molecule has 90 valence electrons. The average molecular weight is 274 g/mol. The molecule has 0 aromatic heterocycles. The number of anilines is 1. The standard InChI is InChI=1S/C9H8ClF4NS/c10-6-3-5(15)1-2-7(6)16-4-9(13,14)8(11)12/h1-3,8H,4,15H2. The number of alkyl halides is 4. The third-order valence-corrected chi connectivity index (χ3v) is 3.32. The fourth-order valence-electron chi connectivity index (χ4n) is 0.871. The summed E-state index contributed by atoms with van der Waals surface area (Å²) in [4.78, 5) is 0.302. The summed E-state index contributed by atoms with van der Waals surface area (Å²) in [6, 6.07) is 4.27. The number of halogens is 5. The number of hydrogen-bond donors (Lipinski definition) is 1. The van der Waals surface area contributed by atoms with Crippen LogP contribution in [0.1, 0.15) is 0 Å². The summed E-state index contributed by atoms with van der Waals surface area (Å²) < 4.78 is 48.9. The van der Waals surface area contributed by atoms with Crippen LogP contribution in [0.3, 0.4) is 0 Å². The SMILES string of the molecule is Nc1ccc(SCC(F)(F)C(F)F)c(Cl)c1. The molecule has 7 heteroatoms. The van der Waals surface area contributed by atoms with Gasteiger partial charge in [-0.25, -0.2) is 8.78 Å². The summed E-state index contributed by atoms with van der Waals surface area (Å²) in [5.74, 6) is -5.04. The first-order valence-electron chi connectivity index (χ1n) is 4.17. The largest absolute Gasteiger partial charge is 0.399 e. The Kier molecular flexibility index (Phi) is 4.32. The molecular formula is C9H8ClF4NS. The first kappa shape index (κ1) is 13.4. The second-order valence-corrected chi connectivity index (χ2v) is 4.46. The number of nitrogen functional groups attached to an aromatic ring is 1. The second kappa shape index (κ2) is 5.14. The van der Waals surface area contributed by atoms with E-state index in [4.69, 9.17) is 17.3 Å². The molecule has 0 unspecified atom stereocenters. The van der Waals surface area contributed by atoms with Gasteiger partial charge in [-0.3, -0.25) is 0 Å². The molecule has 0 bridgehead atoms. The Balaban J connectivity index is 2.68. The lowest BCUT2D eigenvalue weighted by Gasteiger charge is -2.14. The molecule has 0 amide bonds. The van der Waals surface area contributed by atoms with Crippen molar-refractivity contribution in [1.29, 1.82) is 0 Å². The molecule has 0 radical (unpaired) electrons. The lowest BCUT2D eigenvalue weighted by Crippen LogP contribution is -2.29. The maximum absolute atomic E-state index is 12.6. The number of thioether (sulfide) groups is 1. The van der Waals surface area contributed by atoms with Crippen LogP contribution < -0.4 is 5.73 Å². The molecule has 0 spiro atoms. The van der Waals surface area contributed by atoms with Crippen molar-refractivity contribution in [3.8, 4) is 0 Å². The van der Waals surface area contributed by atoms with Gasteiger partial charge in [0.1, 0.15) is 0 Å². The van der Waals surface area contributed by atoms with Crippen molar-refractivity contribution in [3.63, 3.8) is 0 Å². The lowest BCUT2D eigenvalue weighted by molar-refractivity contribution is -0.109. The topological polar surface area (TPSA) is 26.0 Å². The van der Waals surface area contributed by atoms with E-state index in [1.807, 2.05) is 0 Å². The van der Waals surface area contributed by atoms with Gasteiger partial charge in [0.2, 0.25) is 0 Å². The van der Waals surface area contributed by atoms with Gasteiger partial charge in [0.15, 0.2) is 0 Å². The monoisotopic (exact) mass is 273 g/mol. The van der Waals surface area contributed by atoms with Crippen LogP contribution >= 0.6 is 23.4 Å². The molecule has 0 fully saturated rings. The van der Waals surface area contributed by atoms with Crippen molar-refractivity contribution >= 4 is 29.1 Å². The number of benzene rings is 1. The quantitative estimate of drug-likeness (QED) is 0.511. The Morgan fingerprint density at radius 1 is 1.38 bits per heavy atom. The highest BCUT2D eigenvalue weighted by atomic mass is 35.5. The van der Waals surface area contributed by atoms with Gasteiger partial charge in [0.05, 0.1) is 10.8 Å². The van der Waals surface area contributed by atoms with E-state index in [-0.39, 0.29) is 5.02 Å². The Morgan fingerprint density at radius 3 is 2.50 bits per heavy atom. The van der Waals surface area contributed by atoms with Crippen molar-refractivity contribution in [3.05, 3.63) is 23.2 Å². The van der Waals surface area contributed by atoms with Crippen molar-refractivity contribution in [1.82, 2.24) is 0 Å². The zero-order valence-electron chi connectivity index (χ0n) is 7.89. The second-order valence-electron chi connectivity index (χ2n) is 3.04. The molecule has 1 nitrogen and oxygen atoms in total. The Labute approximate surface area is 99.0 Å². The molecule has 0 aliphatic rings. The van der Waals surface area contributed by atoms with E-state index < -0.39 is 18.1 Å². The van der Waals surface area contributed by atoms with Crippen LogP contribution in [0.15, 0.2) is 23.1 Å². The van der Waals surface area contributed by atoms with E-state index in [9.17, 15) is 17.6 Å². The fraction of sp³-hybridized carbons (Fsp3) is 0.333. The predicted octanol–water partition coefficient (Wildman–Crippen LogP) is 3.91.